The lowest BCUT2D eigenvalue weighted by Crippen LogP contribution is -2.45. The fourth-order valence-electron chi connectivity index (χ4n) is 4.13. The first-order chi connectivity index (χ1) is 14.4. The number of aromatic nitrogens is 1. The number of hydrogen-bond donors (Lipinski definition) is 1. The molecule has 1 aromatic heterocycles. The second-order valence-electron chi connectivity index (χ2n) is 8.39. The van der Waals surface area contributed by atoms with Gasteiger partial charge in [0.2, 0.25) is 11.8 Å². The van der Waals surface area contributed by atoms with Gasteiger partial charge in [0.1, 0.15) is 5.52 Å². The van der Waals surface area contributed by atoms with Crippen molar-refractivity contribution < 1.29 is 14.0 Å². The van der Waals surface area contributed by atoms with Crippen molar-refractivity contribution in [2.75, 3.05) is 37.6 Å². The number of anilines is 1. The van der Waals surface area contributed by atoms with Crippen molar-refractivity contribution >= 4 is 28.9 Å². The molecule has 1 aliphatic carbocycles. The van der Waals surface area contributed by atoms with Crippen LogP contribution >= 0.6 is 0 Å². The molecule has 2 heterocycles. The molecule has 0 unspecified atom stereocenters. The molecule has 0 spiro atoms. The van der Waals surface area contributed by atoms with E-state index in [0.29, 0.717) is 45.2 Å². The number of benzene rings is 1. The van der Waals surface area contributed by atoms with Crippen LogP contribution in [-0.4, -0.2) is 54.4 Å². The third kappa shape index (κ3) is 4.20. The van der Waals surface area contributed by atoms with Gasteiger partial charge in [-0.15, -0.1) is 0 Å². The van der Waals surface area contributed by atoms with Crippen LogP contribution in [0.4, 0.5) is 6.01 Å². The molecular formula is C23H30N4O3. The summed E-state index contributed by atoms with van der Waals surface area (Å²) < 4.78 is 6.09. The molecule has 0 atom stereocenters. The van der Waals surface area contributed by atoms with Crippen LogP contribution in [0.1, 0.15) is 43.7 Å². The molecule has 2 aromatic rings. The Bertz CT molecular complexity index is 1000. The number of carbonyl (C=O) groups excluding carboxylic acids is 2. The Hall–Kier alpha value is -2.83. The highest BCUT2D eigenvalue weighted by Gasteiger charge is 2.24. The van der Waals surface area contributed by atoms with E-state index in [1.54, 1.807) is 4.90 Å². The van der Waals surface area contributed by atoms with Crippen molar-refractivity contribution in [2.24, 2.45) is 0 Å². The van der Waals surface area contributed by atoms with Crippen molar-refractivity contribution in [3.63, 3.8) is 0 Å². The summed E-state index contributed by atoms with van der Waals surface area (Å²) in [5.41, 5.74) is 5.92. The Kier molecular flexibility index (Phi) is 5.79. The molecule has 2 amide bonds. The number of nitrogens with zero attached hydrogens (tertiary/aromatic N) is 3. The number of amides is 2. The second kappa shape index (κ2) is 8.50. The molecule has 2 aliphatic rings. The van der Waals surface area contributed by atoms with Gasteiger partial charge in [-0.25, -0.2) is 0 Å². The minimum Gasteiger partial charge on any atom is -0.423 e. The SMILES string of the molecule is CC(C(=O)N1CCC(=O)NCCN(c2nc3cc(C)cc(C)c3o2)CC1)=C1CCC1. The standard InChI is InChI=1S/C23H30N4O3/c1-15-13-16(2)21-19(14-15)25-23(30-21)27-10-8-24-20(28)7-9-26(11-12-27)22(29)17(3)18-5-4-6-18/h13-14H,4-12H2,1-3H3,(H,24,28). The molecule has 30 heavy (non-hydrogen) atoms. The predicted molar refractivity (Wildman–Crippen MR) is 116 cm³/mol. The van der Waals surface area contributed by atoms with Gasteiger partial charge in [-0.1, -0.05) is 11.6 Å². The van der Waals surface area contributed by atoms with Crippen LogP contribution in [0.15, 0.2) is 27.7 Å². The summed E-state index contributed by atoms with van der Waals surface area (Å²) >= 11 is 0. The summed E-state index contributed by atoms with van der Waals surface area (Å²) in [5.74, 6) is 0.00897. The number of nitrogens with one attached hydrogen (secondary N) is 1. The summed E-state index contributed by atoms with van der Waals surface area (Å²) in [4.78, 5) is 33.8. The van der Waals surface area contributed by atoms with E-state index in [1.165, 1.54) is 5.57 Å². The molecule has 4 rings (SSSR count). The first-order valence-electron chi connectivity index (χ1n) is 10.8. The molecule has 0 radical (unpaired) electrons. The molecule has 2 fully saturated rings. The van der Waals surface area contributed by atoms with Gasteiger partial charge in [-0.3, -0.25) is 9.59 Å². The van der Waals surface area contributed by atoms with Crippen molar-refractivity contribution in [1.29, 1.82) is 0 Å². The topological polar surface area (TPSA) is 78.7 Å². The van der Waals surface area contributed by atoms with E-state index in [0.717, 1.165) is 47.1 Å². The van der Waals surface area contributed by atoms with Gasteiger partial charge in [-0.2, -0.15) is 4.98 Å². The number of aryl methyl sites for hydroxylation is 2. The first-order valence-corrected chi connectivity index (χ1v) is 10.8. The third-order valence-corrected chi connectivity index (χ3v) is 6.13. The van der Waals surface area contributed by atoms with Crippen molar-refractivity contribution in [3.8, 4) is 0 Å². The third-order valence-electron chi connectivity index (χ3n) is 6.13. The molecule has 1 aromatic carbocycles. The van der Waals surface area contributed by atoms with Gasteiger partial charge in [0.15, 0.2) is 5.58 Å². The molecule has 1 saturated heterocycles. The Morgan fingerprint density at radius 2 is 1.90 bits per heavy atom. The molecule has 7 heteroatoms. The van der Waals surface area contributed by atoms with Gasteiger partial charge in [0, 0.05) is 44.7 Å². The van der Waals surface area contributed by atoms with E-state index in [9.17, 15) is 9.59 Å². The monoisotopic (exact) mass is 410 g/mol. The number of allylic oxidation sites excluding steroid dienone is 1. The van der Waals surface area contributed by atoms with Gasteiger partial charge < -0.3 is 19.5 Å². The molecule has 1 N–H and O–H groups in total. The average molecular weight is 411 g/mol. The fourth-order valence-corrected chi connectivity index (χ4v) is 4.13. The van der Waals surface area contributed by atoms with Crippen LogP contribution in [0.25, 0.3) is 11.1 Å². The Labute approximate surface area is 177 Å². The van der Waals surface area contributed by atoms with E-state index in [-0.39, 0.29) is 11.8 Å². The fraction of sp³-hybridized carbons (Fsp3) is 0.522. The summed E-state index contributed by atoms with van der Waals surface area (Å²) in [6, 6.07) is 4.63. The minimum absolute atomic E-state index is 0.0346. The Balaban J connectivity index is 1.57. The number of carbonyl (C=O) groups is 2. The zero-order valence-corrected chi connectivity index (χ0v) is 18.1. The van der Waals surface area contributed by atoms with E-state index in [1.807, 2.05) is 31.7 Å². The van der Waals surface area contributed by atoms with E-state index in [4.69, 9.17) is 9.40 Å². The molecule has 1 aliphatic heterocycles. The Morgan fingerprint density at radius 3 is 2.63 bits per heavy atom. The smallest absolute Gasteiger partial charge is 0.298 e. The number of rotatable bonds is 2. The molecular weight excluding hydrogens is 380 g/mol. The summed E-state index contributed by atoms with van der Waals surface area (Å²) in [6.45, 7) is 8.65. The largest absolute Gasteiger partial charge is 0.423 e. The maximum atomic E-state index is 13.0. The van der Waals surface area contributed by atoms with Gasteiger partial charge >= 0.3 is 0 Å². The van der Waals surface area contributed by atoms with Gasteiger partial charge in [0.25, 0.3) is 6.01 Å². The van der Waals surface area contributed by atoms with Gasteiger partial charge in [0.05, 0.1) is 0 Å². The average Bonchev–Trinajstić information content (AvgIpc) is 3.08. The van der Waals surface area contributed by atoms with Crippen molar-refractivity contribution in [2.45, 2.75) is 46.5 Å². The molecule has 0 bridgehead atoms. The van der Waals surface area contributed by atoms with Crippen molar-refractivity contribution in [1.82, 2.24) is 15.2 Å². The van der Waals surface area contributed by atoms with Crippen LogP contribution < -0.4 is 10.2 Å². The zero-order chi connectivity index (χ0) is 21.3. The zero-order valence-electron chi connectivity index (χ0n) is 18.1. The first kappa shape index (κ1) is 20.4. The highest BCUT2D eigenvalue weighted by molar-refractivity contribution is 5.94. The van der Waals surface area contributed by atoms with E-state index < -0.39 is 0 Å². The molecule has 1 saturated carbocycles. The van der Waals surface area contributed by atoms with E-state index in [2.05, 4.69) is 11.4 Å². The lowest BCUT2D eigenvalue weighted by Gasteiger charge is -2.30. The number of hydrogen-bond acceptors (Lipinski definition) is 5. The molecule has 160 valence electrons. The minimum atomic E-state index is -0.0346. The van der Waals surface area contributed by atoms with Crippen molar-refractivity contribution in [3.05, 3.63) is 34.4 Å². The lowest BCUT2D eigenvalue weighted by atomic mass is 9.88. The maximum absolute atomic E-state index is 13.0. The lowest BCUT2D eigenvalue weighted by molar-refractivity contribution is -0.128. The maximum Gasteiger partial charge on any atom is 0.298 e. The van der Waals surface area contributed by atoms with Crippen LogP contribution in [0.2, 0.25) is 0 Å². The quantitative estimate of drug-likeness (QED) is 0.770. The van der Waals surface area contributed by atoms with Gasteiger partial charge in [-0.05, 0) is 57.2 Å². The summed E-state index contributed by atoms with van der Waals surface area (Å²) in [7, 11) is 0. The van der Waals surface area contributed by atoms with E-state index >= 15 is 0 Å². The predicted octanol–water partition coefficient (Wildman–Crippen LogP) is 3.10. The number of fused-ring (bicyclic) bond motifs is 1. The second-order valence-corrected chi connectivity index (χ2v) is 8.39. The normalized spacial score (nSPS) is 18.2. The number of oxazole rings is 1. The summed E-state index contributed by atoms with van der Waals surface area (Å²) in [6.07, 6.45) is 3.52. The van der Waals surface area contributed by atoms with Crippen LogP contribution in [0, 0.1) is 13.8 Å². The van der Waals surface area contributed by atoms with Crippen LogP contribution in [0.5, 0.6) is 0 Å². The van der Waals surface area contributed by atoms with Crippen LogP contribution in [-0.2, 0) is 9.59 Å². The highest BCUT2D eigenvalue weighted by Crippen LogP contribution is 2.29. The van der Waals surface area contributed by atoms with Crippen LogP contribution in [0.3, 0.4) is 0 Å². The summed E-state index contributed by atoms with van der Waals surface area (Å²) in [5, 5.41) is 2.94. The Morgan fingerprint density at radius 1 is 1.10 bits per heavy atom. The highest BCUT2D eigenvalue weighted by atomic mass is 16.4. The molecule has 7 nitrogen and oxygen atoms in total.